The molecule has 0 spiro atoms. The first-order valence-electron chi connectivity index (χ1n) is 14.2. The van der Waals surface area contributed by atoms with E-state index in [1.807, 2.05) is 39.0 Å². The number of amides is 1. The van der Waals surface area contributed by atoms with Crippen molar-refractivity contribution in [3.63, 3.8) is 0 Å². The first kappa shape index (κ1) is 30.6. The molecule has 45 heavy (non-hydrogen) atoms. The van der Waals surface area contributed by atoms with Crippen LogP contribution in [0.5, 0.6) is 11.5 Å². The van der Waals surface area contributed by atoms with E-state index in [4.69, 9.17) is 14.5 Å². The van der Waals surface area contributed by atoms with Crippen LogP contribution in [0.2, 0.25) is 0 Å². The Morgan fingerprint density at radius 1 is 1.04 bits per heavy atom. The van der Waals surface area contributed by atoms with Crippen molar-refractivity contribution in [3.8, 4) is 22.9 Å². The van der Waals surface area contributed by atoms with Crippen LogP contribution in [-0.2, 0) is 4.79 Å². The number of fused-ring (bicyclic) bond motifs is 1. The number of nitrogens with one attached hydrogen (secondary N) is 1. The number of para-hydroxylation sites is 2. The Kier molecular flexibility index (Phi) is 8.99. The second-order valence-corrected chi connectivity index (χ2v) is 10.6. The highest BCUT2D eigenvalue weighted by Gasteiger charge is 2.20. The van der Waals surface area contributed by atoms with Gasteiger partial charge < -0.3 is 14.8 Å². The van der Waals surface area contributed by atoms with Gasteiger partial charge in [-0.2, -0.15) is 9.78 Å². The summed E-state index contributed by atoms with van der Waals surface area (Å²) in [7, 11) is 1.61. The van der Waals surface area contributed by atoms with Crippen molar-refractivity contribution in [2.24, 2.45) is 5.10 Å². The van der Waals surface area contributed by atoms with E-state index in [9.17, 15) is 19.7 Å². The number of nitrogens with zero attached hydrogens (tertiary/aromatic N) is 4. The number of hydrogen-bond acceptors (Lipinski definition) is 8. The first-order chi connectivity index (χ1) is 21.7. The topological polar surface area (TPSA) is 138 Å². The van der Waals surface area contributed by atoms with Gasteiger partial charge in [-0.25, -0.2) is 4.98 Å². The van der Waals surface area contributed by atoms with Gasteiger partial charge in [0, 0.05) is 22.9 Å². The minimum Gasteiger partial charge on any atom is -0.496 e. The molecule has 1 N–H and O–H groups in total. The van der Waals surface area contributed by atoms with Gasteiger partial charge in [0.1, 0.15) is 5.75 Å². The third-order valence-electron chi connectivity index (χ3n) is 7.11. The second-order valence-electron chi connectivity index (χ2n) is 10.6. The zero-order valence-corrected chi connectivity index (χ0v) is 25.2. The van der Waals surface area contributed by atoms with Gasteiger partial charge in [-0.05, 0) is 72.5 Å². The largest absolute Gasteiger partial charge is 0.496 e. The molecule has 0 aliphatic carbocycles. The van der Waals surface area contributed by atoms with Gasteiger partial charge in [-0.3, -0.25) is 19.7 Å². The van der Waals surface area contributed by atoms with Crippen LogP contribution in [0.4, 0.5) is 11.4 Å². The SMILES string of the molecule is COc1cc(C)c(-c2nc3ccccc3c(=O)n2N=Cc2ccc(OCC(=O)Nc3ccccc3)c([N+](=O)[O-])c2)cc1C(C)C. The van der Waals surface area contributed by atoms with Crippen LogP contribution in [0.15, 0.2) is 94.8 Å². The number of methoxy groups -OCH3 is 1. The molecule has 1 amide bonds. The maximum absolute atomic E-state index is 13.7. The van der Waals surface area contributed by atoms with Crippen LogP contribution in [-0.4, -0.2) is 40.4 Å². The lowest BCUT2D eigenvalue weighted by Crippen LogP contribution is -2.21. The number of aromatic nitrogens is 2. The summed E-state index contributed by atoms with van der Waals surface area (Å²) in [5, 5.41) is 19.4. The van der Waals surface area contributed by atoms with E-state index in [0.29, 0.717) is 33.5 Å². The number of ether oxygens (including phenoxy) is 2. The number of carbonyl (C=O) groups is 1. The molecule has 0 fully saturated rings. The summed E-state index contributed by atoms with van der Waals surface area (Å²) >= 11 is 0. The van der Waals surface area contributed by atoms with Crippen molar-refractivity contribution in [1.29, 1.82) is 0 Å². The highest BCUT2D eigenvalue weighted by Crippen LogP contribution is 2.34. The lowest BCUT2D eigenvalue weighted by Gasteiger charge is -2.17. The third-order valence-corrected chi connectivity index (χ3v) is 7.11. The van der Waals surface area contributed by atoms with E-state index >= 15 is 0 Å². The van der Waals surface area contributed by atoms with Gasteiger partial charge in [0.05, 0.1) is 29.2 Å². The fourth-order valence-corrected chi connectivity index (χ4v) is 4.84. The van der Waals surface area contributed by atoms with Crippen molar-refractivity contribution in [3.05, 3.63) is 122 Å². The summed E-state index contributed by atoms with van der Waals surface area (Å²) < 4.78 is 12.3. The van der Waals surface area contributed by atoms with Crippen LogP contribution in [0.25, 0.3) is 22.3 Å². The molecule has 228 valence electrons. The Hall–Kier alpha value is -5.84. The minimum absolute atomic E-state index is 0.0827. The highest BCUT2D eigenvalue weighted by atomic mass is 16.6. The fourth-order valence-electron chi connectivity index (χ4n) is 4.84. The molecule has 5 aromatic rings. The molecule has 0 saturated carbocycles. The average Bonchev–Trinajstić information content (AvgIpc) is 3.03. The van der Waals surface area contributed by atoms with Crippen LogP contribution in [0.1, 0.15) is 36.5 Å². The van der Waals surface area contributed by atoms with Gasteiger partial charge in [0.25, 0.3) is 11.5 Å². The number of nitro groups is 1. The maximum atomic E-state index is 13.7. The Labute approximate surface area is 258 Å². The summed E-state index contributed by atoms with van der Waals surface area (Å²) in [6.45, 7) is 5.57. The smallest absolute Gasteiger partial charge is 0.311 e. The van der Waals surface area contributed by atoms with E-state index in [1.54, 1.807) is 61.7 Å². The fraction of sp³-hybridized carbons (Fsp3) is 0.176. The van der Waals surface area contributed by atoms with E-state index in [1.165, 1.54) is 23.0 Å². The highest BCUT2D eigenvalue weighted by molar-refractivity contribution is 5.92. The molecular weight excluding hydrogens is 574 g/mol. The number of rotatable bonds is 10. The Morgan fingerprint density at radius 3 is 2.49 bits per heavy atom. The summed E-state index contributed by atoms with van der Waals surface area (Å²) in [6, 6.07) is 23.8. The average molecular weight is 606 g/mol. The van der Waals surface area contributed by atoms with Gasteiger partial charge in [-0.15, -0.1) is 0 Å². The molecule has 5 rings (SSSR count). The number of anilines is 1. The lowest BCUT2D eigenvalue weighted by atomic mass is 9.96. The molecule has 0 aliphatic heterocycles. The quantitative estimate of drug-likeness (QED) is 0.112. The Bertz CT molecular complexity index is 1990. The summed E-state index contributed by atoms with van der Waals surface area (Å²) in [5.74, 6) is 0.633. The normalized spacial score (nSPS) is 11.2. The van der Waals surface area contributed by atoms with Crippen molar-refractivity contribution in [1.82, 2.24) is 9.66 Å². The summed E-state index contributed by atoms with van der Waals surface area (Å²) in [6.07, 6.45) is 1.35. The molecule has 0 bridgehead atoms. The van der Waals surface area contributed by atoms with Crippen molar-refractivity contribution >= 4 is 34.4 Å². The second kappa shape index (κ2) is 13.2. The summed E-state index contributed by atoms with van der Waals surface area (Å²) in [4.78, 5) is 42.1. The number of nitro benzene ring substituents is 1. The Balaban J connectivity index is 1.51. The lowest BCUT2D eigenvalue weighted by molar-refractivity contribution is -0.385. The molecule has 11 nitrogen and oxygen atoms in total. The Morgan fingerprint density at radius 2 is 1.78 bits per heavy atom. The molecule has 11 heteroatoms. The molecule has 1 aromatic heterocycles. The van der Waals surface area contributed by atoms with Gasteiger partial charge >= 0.3 is 5.69 Å². The standard InChI is InChI=1S/C34H31N5O6/c1-21(2)26-18-27(22(3)16-31(26)44-4)33-37-28-13-9-8-12-25(28)34(41)38(33)35-19-23-14-15-30(29(17-23)39(42)43)45-20-32(40)36-24-10-6-5-7-11-24/h5-19,21H,20H2,1-4H3,(H,36,40). The molecular formula is C34H31N5O6. The molecule has 4 aromatic carbocycles. The van der Waals surface area contributed by atoms with Crippen LogP contribution in [0, 0.1) is 17.0 Å². The molecule has 0 atom stereocenters. The number of benzene rings is 4. The van der Waals surface area contributed by atoms with E-state index in [2.05, 4.69) is 10.4 Å². The molecule has 0 aliphatic rings. The van der Waals surface area contributed by atoms with Crippen molar-refractivity contribution in [2.45, 2.75) is 26.7 Å². The monoisotopic (exact) mass is 605 g/mol. The molecule has 1 heterocycles. The zero-order valence-electron chi connectivity index (χ0n) is 25.2. The van der Waals surface area contributed by atoms with E-state index < -0.39 is 23.0 Å². The number of aryl methyl sites for hydroxylation is 1. The van der Waals surface area contributed by atoms with Crippen LogP contribution < -0.4 is 20.3 Å². The third kappa shape index (κ3) is 6.72. The van der Waals surface area contributed by atoms with Gasteiger partial charge in [0.2, 0.25) is 0 Å². The van der Waals surface area contributed by atoms with Gasteiger partial charge in [-0.1, -0.05) is 44.2 Å². The van der Waals surface area contributed by atoms with Crippen LogP contribution in [0.3, 0.4) is 0 Å². The predicted molar refractivity (Wildman–Crippen MR) is 173 cm³/mol. The number of carbonyl (C=O) groups excluding carboxylic acids is 1. The molecule has 0 saturated heterocycles. The summed E-state index contributed by atoms with van der Waals surface area (Å²) in [5.41, 5.74) is 3.14. The molecule has 0 radical (unpaired) electrons. The van der Waals surface area contributed by atoms with Gasteiger partial charge in [0.15, 0.2) is 18.2 Å². The zero-order chi connectivity index (χ0) is 32.1. The van der Waals surface area contributed by atoms with Crippen molar-refractivity contribution < 1.29 is 19.2 Å². The van der Waals surface area contributed by atoms with Crippen LogP contribution >= 0.6 is 0 Å². The van der Waals surface area contributed by atoms with E-state index in [-0.39, 0.29) is 17.4 Å². The first-order valence-corrected chi connectivity index (χ1v) is 14.2. The maximum Gasteiger partial charge on any atom is 0.311 e. The number of hydrogen-bond donors (Lipinski definition) is 1. The van der Waals surface area contributed by atoms with E-state index in [0.717, 1.165) is 16.9 Å². The van der Waals surface area contributed by atoms with Crippen molar-refractivity contribution in [2.75, 3.05) is 19.0 Å². The minimum atomic E-state index is -0.606. The predicted octanol–water partition coefficient (Wildman–Crippen LogP) is 6.31. The molecule has 0 unspecified atom stereocenters.